The van der Waals surface area contributed by atoms with Gasteiger partial charge in [0.1, 0.15) is 0 Å². The Hall–Kier alpha value is -0.870. The number of hydrogen-bond donors (Lipinski definition) is 1. The van der Waals surface area contributed by atoms with Crippen molar-refractivity contribution in [3.05, 3.63) is 18.0 Å². The standard InChI is InChI=1S/C12H22N4/c1-10-8-16(11(2)4-6-13-10)9-12-5-7-15(3)14-12/h5,7,10-11,13H,4,6,8-9H2,1-3H3. The summed E-state index contributed by atoms with van der Waals surface area (Å²) in [5, 5.41) is 7.98. The van der Waals surface area contributed by atoms with E-state index in [1.165, 1.54) is 12.1 Å². The van der Waals surface area contributed by atoms with Gasteiger partial charge in [0.15, 0.2) is 0 Å². The van der Waals surface area contributed by atoms with Gasteiger partial charge in [0.2, 0.25) is 0 Å². The summed E-state index contributed by atoms with van der Waals surface area (Å²) in [7, 11) is 1.97. The minimum atomic E-state index is 0.577. The molecule has 1 aromatic rings. The zero-order valence-electron chi connectivity index (χ0n) is 10.5. The van der Waals surface area contributed by atoms with E-state index >= 15 is 0 Å². The summed E-state index contributed by atoms with van der Waals surface area (Å²) >= 11 is 0. The molecule has 1 saturated heterocycles. The third-order valence-electron chi connectivity index (χ3n) is 3.32. The number of aryl methyl sites for hydroxylation is 1. The van der Waals surface area contributed by atoms with E-state index in [2.05, 4.69) is 35.2 Å². The van der Waals surface area contributed by atoms with E-state index in [0.29, 0.717) is 12.1 Å². The van der Waals surface area contributed by atoms with Crippen molar-refractivity contribution in [3.8, 4) is 0 Å². The Morgan fingerprint density at radius 3 is 3.00 bits per heavy atom. The van der Waals surface area contributed by atoms with Crippen LogP contribution in [0.1, 0.15) is 26.0 Å². The maximum absolute atomic E-state index is 4.45. The summed E-state index contributed by atoms with van der Waals surface area (Å²) in [6, 6.07) is 3.32. The number of hydrogen-bond acceptors (Lipinski definition) is 3. The van der Waals surface area contributed by atoms with Gasteiger partial charge in [-0.25, -0.2) is 0 Å². The maximum atomic E-state index is 4.45. The highest BCUT2D eigenvalue weighted by Crippen LogP contribution is 2.12. The van der Waals surface area contributed by atoms with Crippen LogP contribution in [-0.2, 0) is 13.6 Å². The second-order valence-corrected chi connectivity index (χ2v) is 4.90. The molecule has 2 atom stereocenters. The lowest BCUT2D eigenvalue weighted by Gasteiger charge is -2.27. The molecule has 0 aliphatic carbocycles. The lowest BCUT2D eigenvalue weighted by molar-refractivity contribution is 0.196. The Kier molecular flexibility index (Phi) is 3.61. The number of nitrogens with zero attached hydrogens (tertiary/aromatic N) is 3. The summed E-state index contributed by atoms with van der Waals surface area (Å²) in [6.07, 6.45) is 3.23. The van der Waals surface area contributed by atoms with Crippen molar-refractivity contribution in [2.45, 2.75) is 38.9 Å². The number of nitrogens with one attached hydrogen (secondary N) is 1. The molecule has 4 nitrogen and oxygen atoms in total. The summed E-state index contributed by atoms with van der Waals surface area (Å²) in [5.41, 5.74) is 1.17. The molecular formula is C12H22N4. The molecule has 1 aliphatic heterocycles. The molecule has 0 aromatic carbocycles. The molecule has 1 aromatic heterocycles. The third kappa shape index (κ3) is 2.83. The fourth-order valence-electron chi connectivity index (χ4n) is 2.29. The molecule has 1 N–H and O–H groups in total. The van der Waals surface area contributed by atoms with Crippen LogP contribution < -0.4 is 5.32 Å². The highest BCUT2D eigenvalue weighted by Gasteiger charge is 2.20. The Morgan fingerprint density at radius 1 is 1.50 bits per heavy atom. The van der Waals surface area contributed by atoms with Gasteiger partial charge in [-0.3, -0.25) is 9.58 Å². The van der Waals surface area contributed by atoms with E-state index in [-0.39, 0.29) is 0 Å². The fraction of sp³-hybridized carbons (Fsp3) is 0.750. The first-order valence-corrected chi connectivity index (χ1v) is 6.11. The van der Waals surface area contributed by atoms with Crippen LogP contribution in [0.4, 0.5) is 0 Å². The lowest BCUT2D eigenvalue weighted by Crippen LogP contribution is -2.38. The van der Waals surface area contributed by atoms with Crippen LogP contribution >= 0.6 is 0 Å². The molecule has 1 fully saturated rings. The molecular weight excluding hydrogens is 200 g/mol. The largest absolute Gasteiger partial charge is 0.313 e. The number of rotatable bonds is 2. The molecule has 2 heterocycles. The fourth-order valence-corrected chi connectivity index (χ4v) is 2.29. The Balaban J connectivity index is 2.00. The van der Waals surface area contributed by atoms with Crippen molar-refractivity contribution in [1.82, 2.24) is 20.0 Å². The quantitative estimate of drug-likeness (QED) is 0.810. The van der Waals surface area contributed by atoms with Crippen LogP contribution in [0.15, 0.2) is 12.3 Å². The van der Waals surface area contributed by atoms with E-state index in [4.69, 9.17) is 0 Å². The summed E-state index contributed by atoms with van der Waals surface area (Å²) < 4.78 is 1.87. The molecule has 0 saturated carbocycles. The van der Waals surface area contributed by atoms with Crippen molar-refractivity contribution >= 4 is 0 Å². The highest BCUT2D eigenvalue weighted by atomic mass is 15.3. The maximum Gasteiger partial charge on any atom is 0.0764 e. The molecule has 0 amide bonds. The van der Waals surface area contributed by atoms with Gasteiger partial charge in [0, 0.05) is 38.4 Å². The molecule has 2 unspecified atom stereocenters. The minimum absolute atomic E-state index is 0.577. The van der Waals surface area contributed by atoms with Crippen molar-refractivity contribution in [1.29, 1.82) is 0 Å². The lowest BCUT2D eigenvalue weighted by atomic mass is 10.2. The molecule has 2 rings (SSSR count). The van der Waals surface area contributed by atoms with Crippen LogP contribution in [0.2, 0.25) is 0 Å². The van der Waals surface area contributed by atoms with E-state index in [1.807, 2.05) is 17.9 Å². The monoisotopic (exact) mass is 222 g/mol. The molecule has 0 bridgehead atoms. The molecule has 0 spiro atoms. The first-order valence-electron chi connectivity index (χ1n) is 6.11. The first-order chi connectivity index (χ1) is 7.65. The normalized spacial score (nSPS) is 27.9. The summed E-state index contributed by atoms with van der Waals surface area (Å²) in [6.45, 7) is 7.76. The second-order valence-electron chi connectivity index (χ2n) is 4.90. The van der Waals surface area contributed by atoms with Crippen LogP contribution in [-0.4, -0.2) is 39.9 Å². The molecule has 0 radical (unpaired) electrons. The van der Waals surface area contributed by atoms with Gasteiger partial charge >= 0.3 is 0 Å². The van der Waals surface area contributed by atoms with Crippen LogP contribution in [0.3, 0.4) is 0 Å². The smallest absolute Gasteiger partial charge is 0.0764 e. The second kappa shape index (κ2) is 4.97. The first kappa shape index (κ1) is 11.6. The van der Waals surface area contributed by atoms with Crippen molar-refractivity contribution in [2.24, 2.45) is 7.05 Å². The van der Waals surface area contributed by atoms with Gasteiger partial charge in [0.25, 0.3) is 0 Å². The number of aromatic nitrogens is 2. The highest BCUT2D eigenvalue weighted by molar-refractivity contribution is 4.99. The van der Waals surface area contributed by atoms with Crippen molar-refractivity contribution in [3.63, 3.8) is 0 Å². The summed E-state index contributed by atoms with van der Waals surface area (Å²) in [4.78, 5) is 2.52. The molecule has 90 valence electrons. The van der Waals surface area contributed by atoms with Gasteiger partial charge in [-0.05, 0) is 32.9 Å². The molecule has 16 heavy (non-hydrogen) atoms. The molecule has 1 aliphatic rings. The Morgan fingerprint density at radius 2 is 2.31 bits per heavy atom. The van der Waals surface area contributed by atoms with Crippen LogP contribution in [0.5, 0.6) is 0 Å². The van der Waals surface area contributed by atoms with Crippen LogP contribution in [0.25, 0.3) is 0 Å². The average Bonchev–Trinajstić information content (AvgIpc) is 2.55. The van der Waals surface area contributed by atoms with Crippen molar-refractivity contribution < 1.29 is 0 Å². The Bertz CT molecular complexity index is 334. The van der Waals surface area contributed by atoms with E-state index in [9.17, 15) is 0 Å². The van der Waals surface area contributed by atoms with E-state index < -0.39 is 0 Å². The SMILES string of the molecule is CC1CN(Cc2ccn(C)n2)C(C)CCN1. The topological polar surface area (TPSA) is 33.1 Å². The van der Waals surface area contributed by atoms with E-state index in [1.54, 1.807) is 0 Å². The van der Waals surface area contributed by atoms with Gasteiger partial charge in [-0.1, -0.05) is 0 Å². The van der Waals surface area contributed by atoms with Gasteiger partial charge in [-0.15, -0.1) is 0 Å². The summed E-state index contributed by atoms with van der Waals surface area (Å²) in [5.74, 6) is 0. The van der Waals surface area contributed by atoms with Gasteiger partial charge in [0.05, 0.1) is 5.69 Å². The van der Waals surface area contributed by atoms with Crippen LogP contribution in [0, 0.1) is 0 Å². The zero-order valence-corrected chi connectivity index (χ0v) is 10.5. The Labute approximate surface area is 97.6 Å². The predicted octanol–water partition coefficient (Wildman–Crippen LogP) is 0.992. The average molecular weight is 222 g/mol. The van der Waals surface area contributed by atoms with Gasteiger partial charge < -0.3 is 5.32 Å². The predicted molar refractivity (Wildman–Crippen MR) is 65.2 cm³/mol. The van der Waals surface area contributed by atoms with Gasteiger partial charge in [-0.2, -0.15) is 5.10 Å². The van der Waals surface area contributed by atoms with Crippen molar-refractivity contribution in [2.75, 3.05) is 13.1 Å². The third-order valence-corrected chi connectivity index (χ3v) is 3.32. The zero-order chi connectivity index (χ0) is 11.5. The van der Waals surface area contributed by atoms with E-state index in [0.717, 1.165) is 19.6 Å². The molecule has 4 heteroatoms. The minimum Gasteiger partial charge on any atom is -0.313 e.